The van der Waals surface area contributed by atoms with Crippen LogP contribution in [0, 0.1) is 11.3 Å². The number of aromatic nitrogens is 3. The maximum atomic E-state index is 12.7. The molecule has 0 spiro atoms. The first-order valence-corrected chi connectivity index (χ1v) is 9.90. The summed E-state index contributed by atoms with van der Waals surface area (Å²) in [5, 5.41) is 16.6. The van der Waals surface area contributed by atoms with Crippen LogP contribution in [0.5, 0.6) is 11.5 Å². The summed E-state index contributed by atoms with van der Waals surface area (Å²) in [6.07, 6.45) is 1.28. The van der Waals surface area contributed by atoms with Crippen molar-refractivity contribution in [3.8, 4) is 28.1 Å². The number of hydrogen-bond donors (Lipinski definition) is 0. The summed E-state index contributed by atoms with van der Waals surface area (Å²) in [7, 11) is 0. The molecule has 8 heteroatoms. The van der Waals surface area contributed by atoms with Gasteiger partial charge in [-0.2, -0.15) is 10.4 Å². The largest absolute Gasteiger partial charge is 0.454 e. The van der Waals surface area contributed by atoms with E-state index in [9.17, 15) is 10.1 Å². The van der Waals surface area contributed by atoms with Gasteiger partial charge >= 0.3 is 0 Å². The van der Waals surface area contributed by atoms with Crippen molar-refractivity contribution in [3.05, 3.63) is 56.4 Å². The molecule has 28 heavy (non-hydrogen) atoms. The predicted octanol–water partition coefficient (Wildman–Crippen LogP) is 3.14. The standard InChI is InChI=1S/C20H18N4O3S/c1-3-14-15(8-21)20(25)24(23-16(14)4-2)9-13-10-28-19(22-13)12-5-6-17-18(7-12)27-11-26-17/h5-7,10H,3-4,9,11H2,1-2H3. The fourth-order valence-electron chi connectivity index (χ4n) is 3.24. The van der Waals surface area contributed by atoms with Crippen LogP contribution in [-0.4, -0.2) is 21.6 Å². The van der Waals surface area contributed by atoms with E-state index in [1.807, 2.05) is 37.4 Å². The zero-order valence-electron chi connectivity index (χ0n) is 15.6. The van der Waals surface area contributed by atoms with Crippen molar-refractivity contribution in [3.63, 3.8) is 0 Å². The van der Waals surface area contributed by atoms with E-state index in [0.29, 0.717) is 18.6 Å². The number of nitrogens with zero attached hydrogens (tertiary/aromatic N) is 4. The van der Waals surface area contributed by atoms with Crippen molar-refractivity contribution in [2.75, 3.05) is 6.79 Å². The third-order valence-corrected chi connectivity index (χ3v) is 5.56. The lowest BCUT2D eigenvalue weighted by Crippen LogP contribution is -2.29. The Balaban J connectivity index is 1.66. The van der Waals surface area contributed by atoms with Gasteiger partial charge in [-0.15, -0.1) is 11.3 Å². The van der Waals surface area contributed by atoms with Gasteiger partial charge in [-0.25, -0.2) is 9.67 Å². The number of aryl methyl sites for hydroxylation is 1. The summed E-state index contributed by atoms with van der Waals surface area (Å²) in [6.45, 7) is 4.35. The maximum absolute atomic E-state index is 12.7. The third-order valence-electron chi connectivity index (χ3n) is 4.62. The molecule has 0 saturated heterocycles. The van der Waals surface area contributed by atoms with Crippen LogP contribution < -0.4 is 15.0 Å². The molecule has 0 radical (unpaired) electrons. The highest BCUT2D eigenvalue weighted by molar-refractivity contribution is 7.13. The maximum Gasteiger partial charge on any atom is 0.285 e. The zero-order valence-corrected chi connectivity index (χ0v) is 16.4. The van der Waals surface area contributed by atoms with E-state index in [-0.39, 0.29) is 24.5 Å². The Kier molecular flexibility index (Phi) is 4.84. The SMILES string of the molecule is CCc1nn(Cc2csc(-c3ccc4c(c3)OCO4)n2)c(=O)c(C#N)c1CC. The smallest absolute Gasteiger partial charge is 0.285 e. The minimum atomic E-state index is -0.367. The predicted molar refractivity (Wildman–Crippen MR) is 105 cm³/mol. The molecule has 0 unspecified atom stereocenters. The summed E-state index contributed by atoms with van der Waals surface area (Å²) in [5.41, 5.74) is 2.99. The number of fused-ring (bicyclic) bond motifs is 1. The first kappa shape index (κ1) is 18.2. The summed E-state index contributed by atoms with van der Waals surface area (Å²) in [6, 6.07) is 7.74. The summed E-state index contributed by atoms with van der Waals surface area (Å²) in [4.78, 5) is 17.3. The van der Waals surface area contributed by atoms with Gasteiger partial charge in [-0.3, -0.25) is 4.79 Å². The van der Waals surface area contributed by atoms with E-state index in [4.69, 9.17) is 9.47 Å². The van der Waals surface area contributed by atoms with Gasteiger partial charge in [0.2, 0.25) is 6.79 Å². The molecule has 1 aliphatic rings. The highest BCUT2D eigenvalue weighted by Gasteiger charge is 2.18. The molecule has 4 rings (SSSR count). The molecule has 7 nitrogen and oxygen atoms in total. The van der Waals surface area contributed by atoms with Crippen molar-refractivity contribution >= 4 is 11.3 Å². The van der Waals surface area contributed by atoms with E-state index in [1.165, 1.54) is 16.0 Å². The highest BCUT2D eigenvalue weighted by atomic mass is 32.1. The molecule has 0 N–H and O–H groups in total. The Morgan fingerprint density at radius 1 is 1.25 bits per heavy atom. The second-order valence-electron chi connectivity index (χ2n) is 6.29. The molecular formula is C20H18N4O3S. The van der Waals surface area contributed by atoms with Crippen molar-refractivity contribution < 1.29 is 9.47 Å². The Bertz CT molecular complexity index is 1140. The normalized spacial score (nSPS) is 12.2. The summed E-state index contributed by atoms with van der Waals surface area (Å²) < 4.78 is 12.1. The van der Waals surface area contributed by atoms with Crippen LogP contribution in [0.15, 0.2) is 28.4 Å². The number of benzene rings is 1. The first-order chi connectivity index (χ1) is 13.6. The molecule has 0 saturated carbocycles. The Labute approximate surface area is 165 Å². The minimum absolute atomic E-state index is 0.181. The molecule has 0 bridgehead atoms. The average molecular weight is 394 g/mol. The van der Waals surface area contributed by atoms with Crippen molar-refractivity contribution in [1.82, 2.24) is 14.8 Å². The molecule has 2 aromatic heterocycles. The van der Waals surface area contributed by atoms with E-state index in [1.54, 1.807) is 0 Å². The fraction of sp³-hybridized carbons (Fsp3) is 0.300. The van der Waals surface area contributed by atoms with E-state index >= 15 is 0 Å². The average Bonchev–Trinajstić information content (AvgIpc) is 3.37. The van der Waals surface area contributed by atoms with Gasteiger partial charge in [0.1, 0.15) is 16.6 Å². The van der Waals surface area contributed by atoms with Crippen LogP contribution in [0.3, 0.4) is 0 Å². The third kappa shape index (κ3) is 3.14. The number of nitriles is 1. The van der Waals surface area contributed by atoms with Gasteiger partial charge < -0.3 is 9.47 Å². The highest BCUT2D eigenvalue weighted by Crippen LogP contribution is 2.36. The quantitative estimate of drug-likeness (QED) is 0.660. The summed E-state index contributed by atoms with van der Waals surface area (Å²) in [5.74, 6) is 1.43. The van der Waals surface area contributed by atoms with Gasteiger partial charge in [0.25, 0.3) is 5.56 Å². The molecule has 3 aromatic rings. The molecule has 3 heterocycles. The number of ether oxygens (including phenoxy) is 2. The molecule has 1 aromatic carbocycles. The second-order valence-corrected chi connectivity index (χ2v) is 7.15. The lowest BCUT2D eigenvalue weighted by molar-refractivity contribution is 0.174. The molecule has 0 atom stereocenters. The van der Waals surface area contributed by atoms with Crippen molar-refractivity contribution in [2.45, 2.75) is 33.2 Å². The second kappa shape index (κ2) is 7.44. The molecule has 0 amide bonds. The van der Waals surface area contributed by atoms with Gasteiger partial charge in [0.15, 0.2) is 11.5 Å². The zero-order chi connectivity index (χ0) is 19.7. The topological polar surface area (TPSA) is 90.0 Å². The number of rotatable bonds is 5. The van der Waals surface area contributed by atoms with Gasteiger partial charge in [0, 0.05) is 10.9 Å². The molecule has 1 aliphatic heterocycles. The fourth-order valence-corrected chi connectivity index (χ4v) is 4.04. The van der Waals surface area contributed by atoms with Crippen LogP contribution in [0.4, 0.5) is 0 Å². The molecular weight excluding hydrogens is 376 g/mol. The molecule has 0 aliphatic carbocycles. The van der Waals surface area contributed by atoms with E-state index < -0.39 is 0 Å². The van der Waals surface area contributed by atoms with Gasteiger partial charge in [-0.1, -0.05) is 13.8 Å². The summed E-state index contributed by atoms with van der Waals surface area (Å²) >= 11 is 1.49. The van der Waals surface area contributed by atoms with Crippen LogP contribution in [0.25, 0.3) is 10.6 Å². The monoisotopic (exact) mass is 394 g/mol. The van der Waals surface area contributed by atoms with Crippen LogP contribution in [-0.2, 0) is 19.4 Å². The van der Waals surface area contributed by atoms with Gasteiger partial charge in [0.05, 0.1) is 17.9 Å². The Hall–Kier alpha value is -3.18. The van der Waals surface area contributed by atoms with Crippen molar-refractivity contribution in [2.24, 2.45) is 0 Å². The first-order valence-electron chi connectivity index (χ1n) is 9.02. The van der Waals surface area contributed by atoms with E-state index in [2.05, 4.69) is 16.2 Å². The van der Waals surface area contributed by atoms with E-state index in [0.717, 1.165) is 33.3 Å². The molecule has 142 valence electrons. The van der Waals surface area contributed by atoms with Crippen LogP contribution in [0.1, 0.15) is 36.4 Å². The van der Waals surface area contributed by atoms with Gasteiger partial charge in [-0.05, 0) is 36.6 Å². The Morgan fingerprint density at radius 2 is 2.07 bits per heavy atom. The lowest BCUT2D eigenvalue weighted by Gasteiger charge is -2.11. The Morgan fingerprint density at radius 3 is 2.82 bits per heavy atom. The van der Waals surface area contributed by atoms with Crippen LogP contribution in [0.2, 0.25) is 0 Å². The number of thiazole rings is 1. The lowest BCUT2D eigenvalue weighted by atomic mass is 10.0. The minimum Gasteiger partial charge on any atom is -0.454 e. The molecule has 0 fully saturated rings. The van der Waals surface area contributed by atoms with Crippen LogP contribution >= 0.6 is 11.3 Å². The van der Waals surface area contributed by atoms with Crippen molar-refractivity contribution in [1.29, 1.82) is 5.26 Å². The number of hydrogen-bond acceptors (Lipinski definition) is 7.